The topological polar surface area (TPSA) is 118 Å². The molecule has 238 valence electrons. The molecule has 4 aromatic heterocycles. The molecule has 11 nitrogen and oxygen atoms in total. The number of aromatic amines is 1. The molecule has 5 aromatic rings. The van der Waals surface area contributed by atoms with Crippen LogP contribution < -0.4 is 9.64 Å². The number of nitrogens with zero attached hydrogens (tertiary/aromatic N) is 7. The summed E-state index contributed by atoms with van der Waals surface area (Å²) in [4.78, 5) is 23.1. The number of H-pyrrole nitrogens is 1. The zero-order chi connectivity index (χ0) is 31.0. The first-order chi connectivity index (χ1) is 22.5. The van der Waals surface area contributed by atoms with Crippen molar-refractivity contribution in [1.82, 2.24) is 35.0 Å². The molecule has 3 atom stereocenters. The summed E-state index contributed by atoms with van der Waals surface area (Å²) < 4.78 is 49.8. The van der Waals surface area contributed by atoms with Gasteiger partial charge in [0.15, 0.2) is 11.7 Å². The van der Waals surface area contributed by atoms with Gasteiger partial charge in [-0.1, -0.05) is 11.6 Å². The van der Waals surface area contributed by atoms with E-state index in [2.05, 4.69) is 20.1 Å². The molecule has 0 unspecified atom stereocenters. The van der Waals surface area contributed by atoms with Crippen molar-refractivity contribution in [1.29, 1.82) is 0 Å². The van der Waals surface area contributed by atoms with Crippen molar-refractivity contribution in [3.05, 3.63) is 52.7 Å². The summed E-state index contributed by atoms with van der Waals surface area (Å²) in [6, 6.07) is 1.84. The SMILES string of the molecule is Fc1c2ncc3c(nc(OC[C@@]45CCCN4C[C@H](F)C5)nc13)N1CCO[C@@H](C1)c1coc(n1)CCCc1c(Cl)cc3[nH]ncc3c1-2. The highest BCUT2D eigenvalue weighted by Crippen LogP contribution is 2.42. The molecule has 0 amide bonds. The van der Waals surface area contributed by atoms with Gasteiger partial charge < -0.3 is 18.8 Å². The molecule has 5 aliphatic heterocycles. The van der Waals surface area contributed by atoms with Crippen LogP contribution in [0.15, 0.2) is 29.1 Å². The first kappa shape index (κ1) is 28.3. The molecule has 46 heavy (non-hydrogen) atoms. The Kier molecular flexibility index (Phi) is 6.65. The van der Waals surface area contributed by atoms with Gasteiger partial charge in [0.05, 0.1) is 35.8 Å². The summed E-state index contributed by atoms with van der Waals surface area (Å²) in [5.41, 5.74) is 2.46. The molecule has 0 spiro atoms. The van der Waals surface area contributed by atoms with Gasteiger partial charge in [-0.15, -0.1) is 0 Å². The Balaban J connectivity index is 1.23. The Labute approximate surface area is 267 Å². The molecule has 10 rings (SSSR count). The van der Waals surface area contributed by atoms with Crippen LogP contribution >= 0.6 is 11.6 Å². The fourth-order valence-electron chi connectivity index (χ4n) is 7.79. The van der Waals surface area contributed by atoms with Gasteiger partial charge in [-0.3, -0.25) is 15.0 Å². The zero-order valence-corrected chi connectivity index (χ0v) is 25.7. The molecule has 5 aliphatic rings. The third kappa shape index (κ3) is 4.54. The van der Waals surface area contributed by atoms with E-state index in [1.165, 1.54) is 0 Å². The largest absolute Gasteiger partial charge is 0.461 e. The minimum absolute atomic E-state index is 0.0368. The number of nitrogens with one attached hydrogen (secondary N) is 1. The van der Waals surface area contributed by atoms with E-state index >= 15 is 4.39 Å². The number of aromatic nitrogens is 6. The molecule has 3 fully saturated rings. The predicted octanol–water partition coefficient (Wildman–Crippen LogP) is 5.37. The maximum atomic E-state index is 17.0. The lowest BCUT2D eigenvalue weighted by molar-refractivity contribution is 0.0367. The van der Waals surface area contributed by atoms with Crippen LogP contribution in [0.1, 0.15) is 48.9 Å². The van der Waals surface area contributed by atoms with Crippen LogP contribution in [0, 0.1) is 5.82 Å². The van der Waals surface area contributed by atoms with E-state index in [-0.39, 0.29) is 29.9 Å². The number of pyridine rings is 1. The molecule has 14 heteroatoms. The van der Waals surface area contributed by atoms with Gasteiger partial charge >= 0.3 is 6.01 Å². The van der Waals surface area contributed by atoms with Crippen molar-refractivity contribution >= 4 is 39.2 Å². The number of rotatable bonds is 3. The fourth-order valence-corrected chi connectivity index (χ4v) is 8.09. The van der Waals surface area contributed by atoms with E-state index in [4.69, 9.17) is 40.4 Å². The van der Waals surface area contributed by atoms with Crippen molar-refractivity contribution in [2.24, 2.45) is 0 Å². The van der Waals surface area contributed by atoms with Crippen molar-refractivity contribution in [3.63, 3.8) is 0 Å². The van der Waals surface area contributed by atoms with Crippen LogP contribution in [-0.2, 0) is 17.6 Å². The molecule has 0 saturated carbocycles. The number of benzene rings is 1. The van der Waals surface area contributed by atoms with E-state index in [1.807, 2.05) is 4.90 Å². The maximum Gasteiger partial charge on any atom is 0.319 e. The molecule has 8 bridgehead atoms. The second-order valence-corrected chi connectivity index (χ2v) is 13.2. The first-order valence-corrected chi connectivity index (χ1v) is 16.2. The third-order valence-corrected chi connectivity index (χ3v) is 10.3. The Bertz CT molecular complexity index is 1990. The number of morpholine rings is 1. The summed E-state index contributed by atoms with van der Waals surface area (Å²) >= 11 is 6.84. The smallest absolute Gasteiger partial charge is 0.319 e. The third-order valence-electron chi connectivity index (χ3n) is 9.99. The van der Waals surface area contributed by atoms with Crippen LogP contribution in [0.5, 0.6) is 6.01 Å². The van der Waals surface area contributed by atoms with E-state index in [9.17, 15) is 4.39 Å². The Morgan fingerprint density at radius 1 is 1.11 bits per heavy atom. The molecule has 3 saturated heterocycles. The summed E-state index contributed by atoms with van der Waals surface area (Å²) in [6.07, 6.45) is 7.61. The maximum absolute atomic E-state index is 17.0. The van der Waals surface area contributed by atoms with E-state index in [0.29, 0.717) is 96.2 Å². The van der Waals surface area contributed by atoms with Crippen LogP contribution in [0.3, 0.4) is 0 Å². The number of hydrogen-bond donors (Lipinski definition) is 1. The number of fused-ring (bicyclic) bond motifs is 5. The quantitative estimate of drug-likeness (QED) is 0.274. The van der Waals surface area contributed by atoms with Gasteiger partial charge in [0, 0.05) is 48.1 Å². The van der Waals surface area contributed by atoms with Gasteiger partial charge in [-0.25, -0.2) is 13.8 Å². The molecular weight excluding hydrogens is 618 g/mol. The van der Waals surface area contributed by atoms with E-state index in [1.54, 1.807) is 24.7 Å². The van der Waals surface area contributed by atoms with Crippen molar-refractivity contribution in [3.8, 4) is 17.3 Å². The number of anilines is 1. The normalized spacial score (nSPS) is 24.7. The number of oxazole rings is 1. The zero-order valence-electron chi connectivity index (χ0n) is 24.9. The number of aryl methyl sites for hydroxylation is 1. The molecular formula is C32H31ClF2N8O3. The predicted molar refractivity (Wildman–Crippen MR) is 165 cm³/mol. The Morgan fingerprint density at radius 2 is 2.04 bits per heavy atom. The van der Waals surface area contributed by atoms with Gasteiger partial charge in [-0.2, -0.15) is 15.1 Å². The van der Waals surface area contributed by atoms with Gasteiger partial charge in [0.1, 0.15) is 47.9 Å². The lowest BCUT2D eigenvalue weighted by atomic mass is 9.95. The average molecular weight is 649 g/mol. The number of hydrogen-bond acceptors (Lipinski definition) is 10. The Morgan fingerprint density at radius 3 is 2.98 bits per heavy atom. The second kappa shape index (κ2) is 10.8. The summed E-state index contributed by atoms with van der Waals surface area (Å²) in [5.74, 6) is 0.479. The highest BCUT2D eigenvalue weighted by molar-refractivity contribution is 6.33. The minimum Gasteiger partial charge on any atom is -0.461 e. The summed E-state index contributed by atoms with van der Waals surface area (Å²) in [5, 5.41) is 8.80. The highest BCUT2D eigenvalue weighted by Gasteiger charge is 2.49. The number of ether oxygens (including phenoxy) is 2. The standard InChI is InChI=1S/C32H31ClF2N8O3/c33-21-9-22-19(12-37-41-22)26-18(21)3-1-4-25-38-23(15-45-25)24-14-42(7-8-44-24)30-20-11-36-29(26)27(35)28(20)39-31(40-30)46-16-32-5-2-6-43(32)13-17(34)10-32/h9,11-12,15,17,24H,1-8,10,13-14,16H2,(H,37,41)/t17-,24+,32+/m1/s1. The van der Waals surface area contributed by atoms with E-state index in [0.717, 1.165) is 24.9 Å². The fraction of sp³-hybridized carbons (Fsp3) is 0.469. The van der Waals surface area contributed by atoms with Gasteiger partial charge in [-0.05, 0) is 43.9 Å². The first-order valence-electron chi connectivity index (χ1n) is 15.8. The molecule has 9 heterocycles. The highest BCUT2D eigenvalue weighted by atomic mass is 35.5. The average Bonchev–Trinajstić information content (AvgIpc) is 3.85. The summed E-state index contributed by atoms with van der Waals surface area (Å²) in [6.45, 7) is 2.78. The number of halogens is 3. The molecule has 0 aliphatic carbocycles. The van der Waals surface area contributed by atoms with E-state index < -0.39 is 17.5 Å². The van der Waals surface area contributed by atoms with Gasteiger partial charge in [0.25, 0.3) is 0 Å². The van der Waals surface area contributed by atoms with Crippen molar-refractivity contribution in [2.45, 2.75) is 56.3 Å². The van der Waals surface area contributed by atoms with Crippen LogP contribution in [0.4, 0.5) is 14.6 Å². The minimum atomic E-state index is -0.899. The lowest BCUT2D eigenvalue weighted by Gasteiger charge is -2.34. The van der Waals surface area contributed by atoms with Crippen molar-refractivity contribution in [2.75, 3.05) is 44.3 Å². The molecule has 1 aromatic carbocycles. The monoisotopic (exact) mass is 648 g/mol. The lowest BCUT2D eigenvalue weighted by Crippen LogP contribution is -2.43. The van der Waals surface area contributed by atoms with Crippen molar-refractivity contribution < 1.29 is 22.7 Å². The van der Waals surface area contributed by atoms with Gasteiger partial charge in [0.2, 0.25) is 0 Å². The molecule has 1 N–H and O–H groups in total. The van der Waals surface area contributed by atoms with Crippen LogP contribution in [0.2, 0.25) is 5.02 Å². The molecule has 0 radical (unpaired) electrons. The summed E-state index contributed by atoms with van der Waals surface area (Å²) in [7, 11) is 0. The number of alkyl halides is 1. The Hall–Kier alpha value is -3.94. The van der Waals surface area contributed by atoms with Crippen LogP contribution in [0.25, 0.3) is 33.1 Å². The second-order valence-electron chi connectivity index (χ2n) is 12.7. The van der Waals surface area contributed by atoms with Crippen LogP contribution in [-0.4, -0.2) is 86.1 Å².